The van der Waals surface area contributed by atoms with Gasteiger partial charge >= 0.3 is 0 Å². The predicted molar refractivity (Wildman–Crippen MR) is 101 cm³/mol. The average molecular weight is 359 g/mol. The van der Waals surface area contributed by atoms with E-state index < -0.39 is 0 Å². The Morgan fingerprint density at radius 1 is 1.32 bits per heavy atom. The lowest BCUT2D eigenvalue weighted by molar-refractivity contribution is -0.128. The number of aliphatic hydroxyl groups is 1. The smallest absolute Gasteiger partial charge is 0.234 e. The van der Waals surface area contributed by atoms with E-state index in [4.69, 9.17) is 5.73 Å². The molecule has 25 heavy (non-hydrogen) atoms. The van der Waals surface area contributed by atoms with Crippen molar-refractivity contribution in [3.63, 3.8) is 0 Å². The maximum Gasteiger partial charge on any atom is 0.234 e. The number of benzene rings is 1. The third kappa shape index (κ3) is 2.82. The number of carbonyl (C=O) groups is 1. The molecule has 2 fully saturated rings. The van der Waals surface area contributed by atoms with Gasteiger partial charge in [0.15, 0.2) is 0 Å². The zero-order valence-corrected chi connectivity index (χ0v) is 15.4. The maximum absolute atomic E-state index is 12.5. The molecule has 1 saturated carbocycles. The minimum absolute atomic E-state index is 0.00520. The molecule has 2 heterocycles. The molecule has 2 aliphatic heterocycles. The summed E-state index contributed by atoms with van der Waals surface area (Å²) in [5, 5.41) is 16.2. The molecule has 7 unspecified atom stereocenters. The van der Waals surface area contributed by atoms with Gasteiger partial charge in [0.05, 0.1) is 11.4 Å². The molecule has 5 heteroatoms. The fourth-order valence-corrected chi connectivity index (χ4v) is 6.03. The van der Waals surface area contributed by atoms with Crippen molar-refractivity contribution in [1.29, 1.82) is 0 Å². The minimum Gasteiger partial charge on any atom is -0.392 e. The minimum atomic E-state index is -0.382. The largest absolute Gasteiger partial charge is 0.392 e. The van der Waals surface area contributed by atoms with Crippen LogP contribution in [0.1, 0.15) is 43.4 Å². The molecular weight excluding hydrogens is 332 g/mol. The fourth-order valence-electron chi connectivity index (χ4n) is 4.94. The van der Waals surface area contributed by atoms with Crippen molar-refractivity contribution in [2.45, 2.75) is 49.6 Å². The van der Waals surface area contributed by atoms with Gasteiger partial charge in [-0.2, -0.15) is 0 Å². The summed E-state index contributed by atoms with van der Waals surface area (Å²) in [4.78, 5) is 12.5. The summed E-state index contributed by atoms with van der Waals surface area (Å²) >= 11 is 1.61. The zero-order chi connectivity index (χ0) is 17.7. The molecule has 1 aromatic rings. The van der Waals surface area contributed by atoms with E-state index in [1.807, 2.05) is 6.92 Å². The van der Waals surface area contributed by atoms with E-state index in [0.29, 0.717) is 0 Å². The first kappa shape index (κ1) is 17.1. The van der Waals surface area contributed by atoms with Crippen molar-refractivity contribution in [2.24, 2.45) is 23.5 Å². The van der Waals surface area contributed by atoms with E-state index in [2.05, 4.69) is 48.0 Å². The molecule has 0 radical (unpaired) electrons. The molecular formula is C20H26N2O2S. The number of nitrogens with two attached hydrogens (primary N) is 1. The van der Waals surface area contributed by atoms with Crippen LogP contribution in [-0.4, -0.2) is 28.4 Å². The molecule has 1 aliphatic carbocycles. The topological polar surface area (TPSA) is 75.3 Å². The average Bonchev–Trinajstić information content (AvgIpc) is 3.07. The standard InChI is InChI=1S/C20H26N2O2S/c1-10-9-15(23)16(13-5-3-12(4-6-13)11(2)21)17-14-7-8-25-19(14)20(24)22-18(10)17/h3-8,10-11,14-19,23H,9,21H2,1-2H3,(H,22,24)/t10?,11-,14?,15?,16?,17?,18?,19?/m1/s1. The third-order valence-corrected chi connectivity index (χ3v) is 7.34. The highest BCUT2D eigenvalue weighted by Crippen LogP contribution is 2.51. The second-order valence-corrected chi connectivity index (χ2v) is 8.89. The van der Waals surface area contributed by atoms with Gasteiger partial charge < -0.3 is 16.2 Å². The van der Waals surface area contributed by atoms with Gasteiger partial charge in [0.2, 0.25) is 5.91 Å². The monoisotopic (exact) mass is 358 g/mol. The van der Waals surface area contributed by atoms with Crippen LogP contribution < -0.4 is 11.1 Å². The Kier molecular flexibility index (Phi) is 4.42. The fraction of sp³-hybridized carbons (Fsp3) is 0.550. The first-order chi connectivity index (χ1) is 12.0. The lowest BCUT2D eigenvalue weighted by Gasteiger charge is -2.51. The summed E-state index contributed by atoms with van der Waals surface area (Å²) in [5.74, 6) is 0.895. The van der Waals surface area contributed by atoms with Crippen LogP contribution >= 0.6 is 11.8 Å². The van der Waals surface area contributed by atoms with Crippen LogP contribution in [0.3, 0.4) is 0 Å². The van der Waals surface area contributed by atoms with Crippen LogP contribution in [0.5, 0.6) is 0 Å². The lowest BCUT2D eigenvalue weighted by Crippen LogP contribution is -2.62. The number of rotatable bonds is 2. The number of thioether (sulfide) groups is 1. The van der Waals surface area contributed by atoms with Gasteiger partial charge in [-0.25, -0.2) is 0 Å². The second-order valence-electron chi connectivity index (χ2n) is 7.84. The predicted octanol–water partition coefficient (Wildman–Crippen LogP) is 2.55. The second kappa shape index (κ2) is 6.45. The quantitative estimate of drug-likeness (QED) is 0.759. The molecule has 1 amide bonds. The molecule has 4 rings (SSSR count). The highest BCUT2D eigenvalue weighted by atomic mass is 32.2. The number of hydrogen-bond acceptors (Lipinski definition) is 4. The van der Waals surface area contributed by atoms with E-state index in [0.717, 1.165) is 17.5 Å². The summed E-state index contributed by atoms with van der Waals surface area (Å²) in [6.07, 6.45) is 2.52. The summed E-state index contributed by atoms with van der Waals surface area (Å²) in [6, 6.07) is 8.48. The van der Waals surface area contributed by atoms with Gasteiger partial charge in [-0.1, -0.05) is 37.3 Å². The summed E-state index contributed by atoms with van der Waals surface area (Å²) < 4.78 is 0. The number of carbonyl (C=O) groups excluding carboxylic acids is 1. The van der Waals surface area contributed by atoms with E-state index in [-0.39, 0.29) is 53.0 Å². The Labute approximate surface area is 153 Å². The maximum atomic E-state index is 12.5. The number of nitrogens with one attached hydrogen (secondary N) is 1. The van der Waals surface area contributed by atoms with Gasteiger partial charge in [0.1, 0.15) is 0 Å². The lowest BCUT2D eigenvalue weighted by atomic mass is 9.60. The van der Waals surface area contributed by atoms with E-state index in [9.17, 15) is 9.90 Å². The third-order valence-electron chi connectivity index (χ3n) is 6.20. The van der Waals surface area contributed by atoms with Crippen molar-refractivity contribution in [3.8, 4) is 0 Å². The van der Waals surface area contributed by atoms with Crippen LogP contribution in [0.25, 0.3) is 0 Å². The molecule has 4 N–H and O–H groups in total. The van der Waals surface area contributed by atoms with E-state index >= 15 is 0 Å². The van der Waals surface area contributed by atoms with Crippen molar-refractivity contribution < 1.29 is 9.90 Å². The Bertz CT molecular complexity index is 687. The Morgan fingerprint density at radius 2 is 2.04 bits per heavy atom. The van der Waals surface area contributed by atoms with Crippen molar-refractivity contribution in [2.75, 3.05) is 0 Å². The van der Waals surface area contributed by atoms with Gasteiger partial charge in [0, 0.05) is 23.9 Å². The molecule has 0 bridgehead atoms. The number of amides is 1. The van der Waals surface area contributed by atoms with Crippen LogP contribution in [0.15, 0.2) is 35.7 Å². The van der Waals surface area contributed by atoms with Crippen LogP contribution in [0.2, 0.25) is 0 Å². The molecule has 8 atom stereocenters. The molecule has 1 saturated heterocycles. The Balaban J connectivity index is 1.72. The molecule has 4 nitrogen and oxygen atoms in total. The highest BCUT2D eigenvalue weighted by Gasteiger charge is 2.53. The molecule has 0 spiro atoms. The summed E-state index contributed by atoms with van der Waals surface area (Å²) in [5.41, 5.74) is 8.22. The van der Waals surface area contributed by atoms with Gasteiger partial charge in [-0.05, 0) is 41.7 Å². The summed E-state index contributed by atoms with van der Waals surface area (Å²) in [7, 11) is 0. The highest BCUT2D eigenvalue weighted by molar-refractivity contribution is 8.03. The van der Waals surface area contributed by atoms with E-state index in [1.54, 1.807) is 11.8 Å². The normalized spacial score (nSPS) is 41.0. The van der Waals surface area contributed by atoms with Crippen molar-refractivity contribution >= 4 is 17.7 Å². The Hall–Kier alpha value is -1.30. The molecule has 3 aliphatic rings. The van der Waals surface area contributed by atoms with Crippen LogP contribution in [-0.2, 0) is 4.79 Å². The van der Waals surface area contributed by atoms with Crippen molar-refractivity contribution in [3.05, 3.63) is 46.9 Å². The molecule has 134 valence electrons. The van der Waals surface area contributed by atoms with Crippen LogP contribution in [0, 0.1) is 17.8 Å². The summed E-state index contributed by atoms with van der Waals surface area (Å²) in [6.45, 7) is 4.12. The number of fused-ring (bicyclic) bond motifs is 3. The van der Waals surface area contributed by atoms with Crippen LogP contribution in [0.4, 0.5) is 0 Å². The number of piperidine rings is 1. The first-order valence-corrected chi connectivity index (χ1v) is 10.1. The van der Waals surface area contributed by atoms with Gasteiger partial charge in [0.25, 0.3) is 0 Å². The first-order valence-electron chi connectivity index (χ1n) is 9.13. The number of allylic oxidation sites excluding steroid dienone is 1. The van der Waals surface area contributed by atoms with Crippen molar-refractivity contribution in [1.82, 2.24) is 5.32 Å². The Morgan fingerprint density at radius 3 is 2.72 bits per heavy atom. The molecule has 1 aromatic carbocycles. The van der Waals surface area contributed by atoms with Gasteiger partial charge in [-0.3, -0.25) is 4.79 Å². The number of aliphatic hydroxyl groups excluding tert-OH is 1. The zero-order valence-electron chi connectivity index (χ0n) is 14.6. The number of hydrogen-bond donors (Lipinski definition) is 3. The SMILES string of the molecule is CC1CC(O)C(c2ccc([C@@H](C)N)cc2)C2C3C=CSC3C(=O)NC12. The van der Waals surface area contributed by atoms with E-state index in [1.165, 1.54) is 0 Å². The van der Waals surface area contributed by atoms with Gasteiger partial charge in [-0.15, -0.1) is 11.8 Å². The molecule has 0 aromatic heterocycles.